The molecule has 0 saturated carbocycles. The van der Waals surface area contributed by atoms with E-state index in [4.69, 9.17) is 5.73 Å². The van der Waals surface area contributed by atoms with E-state index in [2.05, 4.69) is 57.0 Å². The molecule has 0 aliphatic carbocycles. The summed E-state index contributed by atoms with van der Waals surface area (Å²) in [7, 11) is 2.18. The number of benzene rings is 1. The van der Waals surface area contributed by atoms with Gasteiger partial charge in [0.05, 0.1) is 5.69 Å². The Labute approximate surface area is 112 Å². The Morgan fingerprint density at radius 2 is 2.12 bits per heavy atom. The van der Waals surface area contributed by atoms with Crippen LogP contribution in [0, 0.1) is 0 Å². The Bertz CT molecular complexity index is 369. The molecule has 1 unspecified atom stereocenters. The maximum absolute atomic E-state index is 5.73. The standard InChI is InChI=1S/C13H20BrN3/c1-16-8-9-17(11(10-16)6-7-15)13-5-3-2-4-12(13)14/h2-5,11H,6-10,15H2,1H3. The smallest absolute Gasteiger partial charge is 0.0514 e. The Morgan fingerprint density at radius 3 is 2.82 bits per heavy atom. The van der Waals surface area contributed by atoms with Crippen LogP contribution in [0.3, 0.4) is 0 Å². The number of piperazine rings is 1. The van der Waals surface area contributed by atoms with E-state index in [0.29, 0.717) is 6.04 Å². The maximum atomic E-state index is 5.73. The van der Waals surface area contributed by atoms with Gasteiger partial charge in [0.25, 0.3) is 0 Å². The molecule has 94 valence electrons. The zero-order valence-corrected chi connectivity index (χ0v) is 11.9. The first kappa shape index (κ1) is 12.9. The normalized spacial score (nSPS) is 21.8. The molecule has 1 heterocycles. The lowest BCUT2D eigenvalue weighted by Crippen LogP contribution is -2.52. The van der Waals surface area contributed by atoms with Gasteiger partial charge in [-0.3, -0.25) is 0 Å². The van der Waals surface area contributed by atoms with Gasteiger partial charge >= 0.3 is 0 Å². The van der Waals surface area contributed by atoms with Gasteiger partial charge in [0, 0.05) is 30.1 Å². The molecule has 3 nitrogen and oxygen atoms in total. The molecule has 0 bridgehead atoms. The summed E-state index contributed by atoms with van der Waals surface area (Å²) < 4.78 is 1.17. The molecular formula is C13H20BrN3. The van der Waals surface area contributed by atoms with E-state index < -0.39 is 0 Å². The first-order chi connectivity index (χ1) is 8.22. The highest BCUT2D eigenvalue weighted by atomic mass is 79.9. The molecule has 4 heteroatoms. The van der Waals surface area contributed by atoms with E-state index in [9.17, 15) is 0 Å². The topological polar surface area (TPSA) is 32.5 Å². The van der Waals surface area contributed by atoms with E-state index in [-0.39, 0.29) is 0 Å². The Hall–Kier alpha value is -0.580. The van der Waals surface area contributed by atoms with Crippen molar-refractivity contribution in [3.05, 3.63) is 28.7 Å². The Morgan fingerprint density at radius 1 is 1.35 bits per heavy atom. The van der Waals surface area contributed by atoms with Crippen molar-refractivity contribution in [1.82, 2.24) is 4.90 Å². The number of hydrogen-bond acceptors (Lipinski definition) is 3. The van der Waals surface area contributed by atoms with Crippen LogP contribution in [0.2, 0.25) is 0 Å². The first-order valence-electron chi connectivity index (χ1n) is 6.12. The summed E-state index contributed by atoms with van der Waals surface area (Å²) in [5, 5.41) is 0. The molecule has 17 heavy (non-hydrogen) atoms. The number of halogens is 1. The second-order valence-corrected chi connectivity index (χ2v) is 5.49. The second-order valence-electron chi connectivity index (χ2n) is 4.64. The first-order valence-corrected chi connectivity index (χ1v) is 6.91. The minimum Gasteiger partial charge on any atom is -0.365 e. The molecule has 2 N–H and O–H groups in total. The molecule has 0 radical (unpaired) electrons. The number of likely N-dealkylation sites (N-methyl/N-ethyl adjacent to an activating group) is 1. The second kappa shape index (κ2) is 5.85. The quantitative estimate of drug-likeness (QED) is 0.925. The summed E-state index contributed by atoms with van der Waals surface area (Å²) in [5.74, 6) is 0. The van der Waals surface area contributed by atoms with Gasteiger partial charge in [0.1, 0.15) is 0 Å². The summed E-state index contributed by atoms with van der Waals surface area (Å²) in [4.78, 5) is 4.87. The fourth-order valence-electron chi connectivity index (χ4n) is 2.45. The summed E-state index contributed by atoms with van der Waals surface area (Å²) in [5.41, 5.74) is 7.02. The zero-order valence-electron chi connectivity index (χ0n) is 10.3. The number of hydrogen-bond donors (Lipinski definition) is 1. The average Bonchev–Trinajstić information content (AvgIpc) is 2.31. The molecule has 1 aliphatic heterocycles. The number of nitrogens with two attached hydrogens (primary N) is 1. The van der Waals surface area contributed by atoms with Crippen molar-refractivity contribution in [1.29, 1.82) is 0 Å². The molecule has 0 amide bonds. The van der Waals surface area contributed by atoms with Crippen molar-refractivity contribution >= 4 is 21.6 Å². The Kier molecular flexibility index (Phi) is 4.42. The third kappa shape index (κ3) is 3.00. The highest BCUT2D eigenvalue weighted by Gasteiger charge is 2.25. The molecule has 0 aromatic heterocycles. The predicted octanol–water partition coefficient (Wildman–Crippen LogP) is 1.92. The fourth-order valence-corrected chi connectivity index (χ4v) is 2.96. The van der Waals surface area contributed by atoms with Gasteiger partial charge in [-0.2, -0.15) is 0 Å². The van der Waals surface area contributed by atoms with Gasteiger partial charge in [-0.25, -0.2) is 0 Å². The van der Waals surface area contributed by atoms with Crippen LogP contribution in [0.1, 0.15) is 6.42 Å². The van der Waals surface area contributed by atoms with E-state index >= 15 is 0 Å². The van der Waals surface area contributed by atoms with Crippen molar-refractivity contribution in [3.63, 3.8) is 0 Å². The lowest BCUT2D eigenvalue weighted by atomic mass is 10.1. The van der Waals surface area contributed by atoms with Crippen LogP contribution >= 0.6 is 15.9 Å². The van der Waals surface area contributed by atoms with Crippen LogP contribution in [-0.2, 0) is 0 Å². The maximum Gasteiger partial charge on any atom is 0.0514 e. The lowest BCUT2D eigenvalue weighted by molar-refractivity contribution is 0.261. The number of para-hydroxylation sites is 1. The minimum absolute atomic E-state index is 0.525. The molecule has 1 atom stereocenters. The molecule has 1 aromatic carbocycles. The monoisotopic (exact) mass is 297 g/mol. The van der Waals surface area contributed by atoms with Crippen molar-refractivity contribution in [3.8, 4) is 0 Å². The van der Waals surface area contributed by atoms with Gasteiger partial charge in [0.2, 0.25) is 0 Å². The predicted molar refractivity (Wildman–Crippen MR) is 76.4 cm³/mol. The van der Waals surface area contributed by atoms with Gasteiger partial charge < -0.3 is 15.5 Å². The Balaban J connectivity index is 2.20. The molecule has 1 aliphatic rings. The summed E-state index contributed by atoms with van der Waals surface area (Å²) in [6, 6.07) is 8.96. The lowest BCUT2D eigenvalue weighted by Gasteiger charge is -2.42. The van der Waals surface area contributed by atoms with E-state index in [0.717, 1.165) is 32.6 Å². The van der Waals surface area contributed by atoms with Crippen LogP contribution in [0.15, 0.2) is 28.7 Å². The van der Waals surface area contributed by atoms with E-state index in [1.54, 1.807) is 0 Å². The van der Waals surface area contributed by atoms with Crippen molar-refractivity contribution in [2.75, 3.05) is 38.1 Å². The van der Waals surface area contributed by atoms with Gasteiger partial charge in [-0.1, -0.05) is 12.1 Å². The molecule has 2 rings (SSSR count). The largest absolute Gasteiger partial charge is 0.365 e. The van der Waals surface area contributed by atoms with Crippen molar-refractivity contribution < 1.29 is 0 Å². The third-order valence-electron chi connectivity index (χ3n) is 3.35. The van der Waals surface area contributed by atoms with Crippen molar-refractivity contribution in [2.45, 2.75) is 12.5 Å². The molecule has 1 aromatic rings. The van der Waals surface area contributed by atoms with Crippen LogP contribution in [0.4, 0.5) is 5.69 Å². The number of anilines is 1. The third-order valence-corrected chi connectivity index (χ3v) is 4.02. The minimum atomic E-state index is 0.525. The highest BCUT2D eigenvalue weighted by molar-refractivity contribution is 9.10. The molecule has 1 saturated heterocycles. The van der Waals surface area contributed by atoms with Gasteiger partial charge in [0.15, 0.2) is 0 Å². The SMILES string of the molecule is CN1CCN(c2ccccc2Br)C(CCN)C1. The van der Waals surface area contributed by atoms with E-state index in [1.165, 1.54) is 10.2 Å². The number of rotatable bonds is 3. The molecule has 0 spiro atoms. The number of nitrogens with zero attached hydrogens (tertiary/aromatic N) is 2. The fraction of sp³-hybridized carbons (Fsp3) is 0.538. The molecular weight excluding hydrogens is 278 g/mol. The van der Waals surface area contributed by atoms with Crippen LogP contribution in [0.5, 0.6) is 0 Å². The van der Waals surface area contributed by atoms with E-state index in [1.807, 2.05) is 0 Å². The van der Waals surface area contributed by atoms with Crippen LogP contribution < -0.4 is 10.6 Å². The van der Waals surface area contributed by atoms with Crippen LogP contribution in [-0.4, -0.2) is 44.2 Å². The van der Waals surface area contributed by atoms with Gasteiger partial charge in [-0.05, 0) is 48.1 Å². The zero-order chi connectivity index (χ0) is 12.3. The van der Waals surface area contributed by atoms with Crippen LogP contribution in [0.25, 0.3) is 0 Å². The highest BCUT2D eigenvalue weighted by Crippen LogP contribution is 2.29. The van der Waals surface area contributed by atoms with Gasteiger partial charge in [-0.15, -0.1) is 0 Å². The summed E-state index contributed by atoms with van der Waals surface area (Å²) >= 11 is 3.64. The molecule has 1 fully saturated rings. The average molecular weight is 298 g/mol. The summed E-state index contributed by atoms with van der Waals surface area (Å²) in [6.45, 7) is 4.03. The summed E-state index contributed by atoms with van der Waals surface area (Å²) in [6.07, 6.45) is 1.05. The van der Waals surface area contributed by atoms with Crippen molar-refractivity contribution in [2.24, 2.45) is 5.73 Å².